The maximum absolute atomic E-state index is 12.2. The Kier molecular flexibility index (Phi) is 4.57. The summed E-state index contributed by atoms with van der Waals surface area (Å²) in [5, 5.41) is 20.6. The van der Waals surface area contributed by atoms with E-state index in [1.807, 2.05) is 0 Å². The van der Waals surface area contributed by atoms with Gasteiger partial charge in [0.15, 0.2) is 5.75 Å². The van der Waals surface area contributed by atoms with Gasteiger partial charge >= 0.3 is 5.69 Å². The fraction of sp³-hybridized carbons (Fsp3) is 0.143. The highest BCUT2D eigenvalue weighted by molar-refractivity contribution is 6.29. The van der Waals surface area contributed by atoms with Gasteiger partial charge in [0.05, 0.1) is 4.92 Å². The minimum atomic E-state index is -0.716. The average Bonchev–Trinajstić information content (AvgIpc) is 2.48. The molecule has 0 spiro atoms. The number of pyridine rings is 1. The van der Waals surface area contributed by atoms with E-state index >= 15 is 0 Å². The van der Waals surface area contributed by atoms with Crippen molar-refractivity contribution in [2.45, 2.75) is 6.54 Å². The first-order chi connectivity index (χ1) is 10.4. The van der Waals surface area contributed by atoms with E-state index in [0.717, 1.165) is 17.7 Å². The number of rotatable bonds is 4. The van der Waals surface area contributed by atoms with Crippen molar-refractivity contribution in [2.24, 2.45) is 0 Å². The average molecular weight is 322 g/mol. The van der Waals surface area contributed by atoms with Gasteiger partial charge in [-0.15, -0.1) is 0 Å². The Balaban J connectivity index is 2.15. The van der Waals surface area contributed by atoms with Gasteiger partial charge in [0.1, 0.15) is 5.15 Å². The van der Waals surface area contributed by atoms with Crippen molar-refractivity contribution < 1.29 is 14.8 Å². The van der Waals surface area contributed by atoms with E-state index in [2.05, 4.69) is 4.98 Å². The number of hydrogen-bond donors (Lipinski definition) is 1. The highest BCUT2D eigenvalue weighted by Gasteiger charge is 2.18. The monoisotopic (exact) mass is 321 g/mol. The third-order valence-corrected chi connectivity index (χ3v) is 3.20. The summed E-state index contributed by atoms with van der Waals surface area (Å²) in [6, 6.07) is 6.84. The molecule has 0 aliphatic heterocycles. The molecule has 0 saturated heterocycles. The number of hydrogen-bond acceptors (Lipinski definition) is 5. The predicted octanol–water partition coefficient (Wildman–Crippen LogP) is 2.62. The summed E-state index contributed by atoms with van der Waals surface area (Å²) in [5.74, 6) is -0.919. The van der Waals surface area contributed by atoms with Gasteiger partial charge in [0.2, 0.25) is 0 Å². The van der Waals surface area contributed by atoms with Gasteiger partial charge in [-0.25, -0.2) is 4.98 Å². The molecule has 1 aromatic heterocycles. The van der Waals surface area contributed by atoms with E-state index < -0.39 is 16.4 Å². The number of phenols is 1. The Morgan fingerprint density at radius 3 is 2.68 bits per heavy atom. The summed E-state index contributed by atoms with van der Waals surface area (Å²) < 4.78 is 0. The van der Waals surface area contributed by atoms with Gasteiger partial charge in [-0.3, -0.25) is 14.9 Å². The van der Waals surface area contributed by atoms with Gasteiger partial charge in [0.25, 0.3) is 5.91 Å². The van der Waals surface area contributed by atoms with Gasteiger partial charge in [-0.05, 0) is 23.8 Å². The van der Waals surface area contributed by atoms with Crippen molar-refractivity contribution in [3.05, 3.63) is 62.9 Å². The summed E-state index contributed by atoms with van der Waals surface area (Å²) in [6.07, 6.45) is 1.55. The minimum absolute atomic E-state index is 0.160. The number of halogens is 1. The molecule has 0 aliphatic carbocycles. The maximum atomic E-state index is 12.2. The number of benzene rings is 1. The molecule has 22 heavy (non-hydrogen) atoms. The lowest BCUT2D eigenvalue weighted by molar-refractivity contribution is -0.385. The van der Waals surface area contributed by atoms with Crippen molar-refractivity contribution in [3.63, 3.8) is 0 Å². The van der Waals surface area contributed by atoms with Crippen LogP contribution in [0.1, 0.15) is 15.9 Å². The number of carbonyl (C=O) groups excluding carboxylic acids is 1. The Bertz CT molecular complexity index is 719. The lowest BCUT2D eigenvalue weighted by Crippen LogP contribution is -2.26. The number of phenolic OH excluding ortho intramolecular Hbond substituents is 1. The highest BCUT2D eigenvalue weighted by Crippen LogP contribution is 2.26. The number of nitro groups is 1. The van der Waals surface area contributed by atoms with Crippen LogP contribution >= 0.6 is 11.6 Å². The molecule has 1 aromatic carbocycles. The van der Waals surface area contributed by atoms with Gasteiger partial charge in [-0.1, -0.05) is 17.7 Å². The van der Waals surface area contributed by atoms with Crippen LogP contribution in [0.4, 0.5) is 5.69 Å². The zero-order chi connectivity index (χ0) is 16.3. The van der Waals surface area contributed by atoms with Crippen LogP contribution in [-0.4, -0.2) is 32.9 Å². The Morgan fingerprint density at radius 2 is 2.14 bits per heavy atom. The first-order valence-corrected chi connectivity index (χ1v) is 6.59. The molecule has 2 rings (SSSR count). The molecule has 1 N–H and O–H groups in total. The lowest BCUT2D eigenvalue weighted by Gasteiger charge is -2.17. The van der Waals surface area contributed by atoms with Crippen LogP contribution in [-0.2, 0) is 6.54 Å². The van der Waals surface area contributed by atoms with E-state index in [4.69, 9.17) is 11.6 Å². The van der Waals surface area contributed by atoms with Crippen molar-refractivity contribution in [3.8, 4) is 5.75 Å². The van der Waals surface area contributed by atoms with Crippen LogP contribution in [0, 0.1) is 10.1 Å². The predicted molar refractivity (Wildman–Crippen MR) is 79.8 cm³/mol. The van der Waals surface area contributed by atoms with Crippen molar-refractivity contribution >= 4 is 23.2 Å². The van der Waals surface area contributed by atoms with Gasteiger partial charge in [-0.2, -0.15) is 0 Å². The van der Waals surface area contributed by atoms with Gasteiger partial charge < -0.3 is 10.0 Å². The van der Waals surface area contributed by atoms with Crippen LogP contribution in [0.5, 0.6) is 5.75 Å². The maximum Gasteiger partial charge on any atom is 0.310 e. The summed E-state index contributed by atoms with van der Waals surface area (Å²) in [7, 11) is 1.58. The number of carbonyl (C=O) groups is 1. The van der Waals surface area contributed by atoms with Crippen LogP contribution in [0.3, 0.4) is 0 Å². The van der Waals surface area contributed by atoms with E-state index in [1.54, 1.807) is 25.4 Å². The highest BCUT2D eigenvalue weighted by atomic mass is 35.5. The van der Waals surface area contributed by atoms with Crippen LogP contribution in [0.15, 0.2) is 36.5 Å². The molecule has 0 unspecified atom stereocenters. The molecule has 1 heterocycles. The first kappa shape index (κ1) is 15.7. The van der Waals surface area contributed by atoms with E-state index in [9.17, 15) is 20.0 Å². The van der Waals surface area contributed by atoms with E-state index in [0.29, 0.717) is 11.7 Å². The lowest BCUT2D eigenvalue weighted by atomic mass is 10.1. The Hall–Kier alpha value is -2.67. The van der Waals surface area contributed by atoms with Gasteiger partial charge in [0, 0.05) is 31.4 Å². The Labute approximate surface area is 130 Å². The molecular weight excluding hydrogens is 310 g/mol. The van der Waals surface area contributed by atoms with Crippen LogP contribution in [0.2, 0.25) is 5.15 Å². The van der Waals surface area contributed by atoms with Crippen molar-refractivity contribution in [1.29, 1.82) is 0 Å². The molecule has 0 radical (unpaired) electrons. The minimum Gasteiger partial charge on any atom is -0.502 e. The molecule has 0 fully saturated rings. The quantitative estimate of drug-likeness (QED) is 0.530. The number of nitro benzene ring substituents is 1. The second kappa shape index (κ2) is 6.40. The summed E-state index contributed by atoms with van der Waals surface area (Å²) in [5.41, 5.74) is 0.500. The summed E-state index contributed by atoms with van der Waals surface area (Å²) in [6.45, 7) is 0.292. The molecule has 0 aliphatic rings. The standard InChI is InChI=1S/C14H12ClN3O4/c1-17(8-9-2-5-13(15)16-7-9)14(20)10-3-4-11(18(21)22)12(19)6-10/h2-7,19H,8H2,1H3. The molecule has 8 heteroatoms. The van der Waals surface area contributed by atoms with E-state index in [1.165, 1.54) is 11.0 Å². The fourth-order valence-corrected chi connectivity index (χ4v) is 1.99. The number of amides is 1. The molecule has 114 valence electrons. The van der Waals surface area contributed by atoms with E-state index in [-0.39, 0.29) is 11.5 Å². The third kappa shape index (κ3) is 3.50. The SMILES string of the molecule is CN(Cc1ccc(Cl)nc1)C(=O)c1ccc([N+](=O)[O-])c(O)c1. The number of aromatic hydroxyl groups is 1. The molecule has 7 nitrogen and oxygen atoms in total. The fourth-order valence-electron chi connectivity index (χ4n) is 1.88. The molecule has 2 aromatic rings. The molecule has 1 amide bonds. The normalized spacial score (nSPS) is 10.3. The van der Waals surface area contributed by atoms with Crippen molar-refractivity contribution in [2.75, 3.05) is 7.05 Å². The third-order valence-electron chi connectivity index (χ3n) is 2.97. The molecule has 0 saturated carbocycles. The number of aromatic nitrogens is 1. The zero-order valence-corrected chi connectivity index (χ0v) is 12.3. The first-order valence-electron chi connectivity index (χ1n) is 6.22. The molecule has 0 atom stereocenters. The topological polar surface area (TPSA) is 96.6 Å². The zero-order valence-electron chi connectivity index (χ0n) is 11.6. The van der Waals surface area contributed by atoms with Crippen LogP contribution < -0.4 is 0 Å². The summed E-state index contributed by atoms with van der Waals surface area (Å²) >= 11 is 5.69. The smallest absolute Gasteiger partial charge is 0.310 e. The van der Waals surface area contributed by atoms with Crippen LogP contribution in [0.25, 0.3) is 0 Å². The molecular formula is C14H12ClN3O4. The second-order valence-corrected chi connectivity index (χ2v) is 5.00. The number of nitrogens with zero attached hydrogens (tertiary/aromatic N) is 3. The summed E-state index contributed by atoms with van der Waals surface area (Å²) in [4.78, 5) is 27.5. The van der Waals surface area contributed by atoms with Crippen molar-refractivity contribution in [1.82, 2.24) is 9.88 Å². The Morgan fingerprint density at radius 1 is 1.41 bits per heavy atom. The largest absolute Gasteiger partial charge is 0.502 e. The molecule has 0 bridgehead atoms. The second-order valence-electron chi connectivity index (χ2n) is 4.61.